The van der Waals surface area contributed by atoms with Crippen LogP contribution in [-0.2, 0) is 0 Å². The highest BCUT2D eigenvalue weighted by molar-refractivity contribution is 5.98. The van der Waals surface area contributed by atoms with E-state index in [1.165, 1.54) is 18.2 Å². The molecule has 0 N–H and O–H groups in total. The summed E-state index contributed by atoms with van der Waals surface area (Å²) < 4.78 is 0. The molecule has 1 aromatic carbocycles. The maximum absolute atomic E-state index is 11.2. The topological polar surface area (TPSA) is 109 Å². The molecule has 1 amide bonds. The van der Waals surface area contributed by atoms with Gasteiger partial charge in [0.15, 0.2) is 0 Å². The van der Waals surface area contributed by atoms with Crippen LogP contribution in [0.1, 0.15) is 15.9 Å². The van der Waals surface area contributed by atoms with E-state index < -0.39 is 10.8 Å². The van der Waals surface area contributed by atoms with Gasteiger partial charge >= 0.3 is 0 Å². The number of rotatable bonds is 2. The number of hydrogen-bond donors (Lipinski definition) is 0. The maximum Gasteiger partial charge on any atom is 0.280 e. The van der Waals surface area contributed by atoms with Gasteiger partial charge in [-0.3, -0.25) is 14.9 Å². The summed E-state index contributed by atoms with van der Waals surface area (Å²) in [5, 5.41) is 13.4. The molecule has 0 aliphatic heterocycles. The molecule has 0 unspecified atom stereocenters. The summed E-state index contributed by atoms with van der Waals surface area (Å²) in [6.45, 7) is 1.66. The largest absolute Gasteiger partial charge is 0.287 e. The molecule has 0 saturated carbocycles. The summed E-state index contributed by atoms with van der Waals surface area (Å²) in [4.78, 5) is 23.4. The van der Waals surface area contributed by atoms with Crippen LogP contribution in [0.15, 0.2) is 23.3 Å². The van der Waals surface area contributed by atoms with E-state index in [1.807, 2.05) is 0 Å². The minimum Gasteiger partial charge on any atom is -0.287 e. The zero-order valence-corrected chi connectivity index (χ0v) is 7.75. The Morgan fingerprint density at radius 3 is 2.80 bits per heavy atom. The third-order valence-electron chi connectivity index (χ3n) is 1.72. The number of nitro benzene ring substituents is 1. The molecule has 0 aliphatic rings. The summed E-state index contributed by atoms with van der Waals surface area (Å²) in [6.07, 6.45) is 0. The smallest absolute Gasteiger partial charge is 0.280 e. The average Bonchev–Trinajstić information content (AvgIpc) is 2.17. The molecule has 7 heteroatoms. The van der Waals surface area contributed by atoms with Gasteiger partial charge in [0.2, 0.25) is 0 Å². The Balaban J connectivity index is 3.34. The lowest BCUT2D eigenvalue weighted by molar-refractivity contribution is -0.385. The van der Waals surface area contributed by atoms with E-state index in [-0.39, 0.29) is 11.3 Å². The van der Waals surface area contributed by atoms with Gasteiger partial charge in [0.25, 0.3) is 11.6 Å². The van der Waals surface area contributed by atoms with Crippen LogP contribution in [0.25, 0.3) is 10.4 Å². The van der Waals surface area contributed by atoms with Crippen molar-refractivity contribution in [3.63, 3.8) is 0 Å². The SMILES string of the molecule is Cc1ccc(C(=O)N=[N+]=[N-])c([N+](=O)[O-])c1. The van der Waals surface area contributed by atoms with Crippen molar-refractivity contribution in [3.05, 3.63) is 49.9 Å². The standard InChI is InChI=1S/C8H6N4O3/c1-5-2-3-6(8(13)10-11-9)7(4-5)12(14)15/h2-4H,1H3. The Hall–Kier alpha value is -2.40. The Morgan fingerprint density at radius 1 is 1.60 bits per heavy atom. The van der Waals surface area contributed by atoms with Crippen LogP contribution in [0.5, 0.6) is 0 Å². The molecule has 0 spiro atoms. The van der Waals surface area contributed by atoms with Gasteiger partial charge in [0.05, 0.1) is 4.92 Å². The third kappa shape index (κ3) is 2.29. The number of azide groups is 1. The lowest BCUT2D eigenvalue weighted by Crippen LogP contribution is -2.01. The van der Waals surface area contributed by atoms with Gasteiger partial charge < -0.3 is 0 Å². The zero-order chi connectivity index (χ0) is 11.4. The lowest BCUT2D eigenvalue weighted by atomic mass is 10.1. The van der Waals surface area contributed by atoms with E-state index in [4.69, 9.17) is 5.53 Å². The van der Waals surface area contributed by atoms with E-state index in [0.717, 1.165) is 0 Å². The summed E-state index contributed by atoms with van der Waals surface area (Å²) >= 11 is 0. The van der Waals surface area contributed by atoms with E-state index in [0.29, 0.717) is 5.56 Å². The van der Waals surface area contributed by atoms with Crippen LogP contribution in [0.3, 0.4) is 0 Å². The first-order valence-corrected chi connectivity index (χ1v) is 3.90. The lowest BCUT2D eigenvalue weighted by Gasteiger charge is -1.98. The van der Waals surface area contributed by atoms with Crippen LogP contribution >= 0.6 is 0 Å². The predicted octanol–water partition coefficient (Wildman–Crippen LogP) is 2.35. The minimum atomic E-state index is -0.954. The predicted molar refractivity (Wildman–Crippen MR) is 51.3 cm³/mol. The van der Waals surface area contributed by atoms with Gasteiger partial charge in [-0.2, -0.15) is 0 Å². The maximum atomic E-state index is 11.2. The molecule has 1 rings (SSSR count). The van der Waals surface area contributed by atoms with E-state index >= 15 is 0 Å². The van der Waals surface area contributed by atoms with Crippen molar-refractivity contribution in [2.45, 2.75) is 6.92 Å². The van der Waals surface area contributed by atoms with Crippen molar-refractivity contribution < 1.29 is 9.72 Å². The highest BCUT2D eigenvalue weighted by atomic mass is 16.6. The number of carbonyl (C=O) groups is 1. The average molecular weight is 206 g/mol. The molecule has 0 aliphatic carbocycles. The van der Waals surface area contributed by atoms with Crippen molar-refractivity contribution in [1.82, 2.24) is 0 Å². The van der Waals surface area contributed by atoms with Crippen molar-refractivity contribution in [2.75, 3.05) is 0 Å². The molecule has 7 nitrogen and oxygen atoms in total. The van der Waals surface area contributed by atoms with Gasteiger partial charge in [-0.15, -0.1) is 0 Å². The number of hydrogen-bond acceptors (Lipinski definition) is 3. The van der Waals surface area contributed by atoms with Gasteiger partial charge in [0.1, 0.15) is 5.56 Å². The number of nitro groups is 1. The molecular formula is C8H6N4O3. The Morgan fingerprint density at radius 2 is 2.27 bits per heavy atom. The van der Waals surface area contributed by atoms with Gasteiger partial charge in [-0.1, -0.05) is 6.07 Å². The minimum absolute atomic E-state index is 0.205. The molecule has 76 valence electrons. The molecule has 0 aromatic heterocycles. The summed E-state index contributed by atoms with van der Waals surface area (Å²) in [6, 6.07) is 4.05. The second kappa shape index (κ2) is 4.21. The number of nitrogens with zero attached hydrogens (tertiary/aromatic N) is 4. The summed E-state index contributed by atoms with van der Waals surface area (Å²) in [7, 11) is 0. The van der Waals surface area contributed by atoms with Crippen LogP contribution in [0.4, 0.5) is 5.69 Å². The van der Waals surface area contributed by atoms with Crippen molar-refractivity contribution in [2.24, 2.45) is 5.11 Å². The Kier molecular flexibility index (Phi) is 3.00. The van der Waals surface area contributed by atoms with Crippen LogP contribution < -0.4 is 0 Å². The van der Waals surface area contributed by atoms with E-state index in [1.54, 1.807) is 6.92 Å². The van der Waals surface area contributed by atoms with E-state index in [2.05, 4.69) is 10.0 Å². The fraction of sp³-hybridized carbons (Fsp3) is 0.125. The van der Waals surface area contributed by atoms with Crippen molar-refractivity contribution in [1.29, 1.82) is 0 Å². The first-order chi connectivity index (χ1) is 7.06. The number of aryl methyl sites for hydroxylation is 1. The molecule has 0 saturated heterocycles. The van der Waals surface area contributed by atoms with E-state index in [9.17, 15) is 14.9 Å². The van der Waals surface area contributed by atoms with Gasteiger partial charge in [-0.05, 0) is 29.2 Å². The summed E-state index contributed by atoms with van der Waals surface area (Å²) in [5.74, 6) is -0.954. The van der Waals surface area contributed by atoms with Crippen molar-refractivity contribution >= 4 is 11.6 Å². The fourth-order valence-electron chi connectivity index (χ4n) is 1.07. The third-order valence-corrected chi connectivity index (χ3v) is 1.72. The fourth-order valence-corrected chi connectivity index (χ4v) is 1.07. The zero-order valence-electron chi connectivity index (χ0n) is 7.75. The normalized spacial score (nSPS) is 9.13. The molecule has 0 radical (unpaired) electrons. The molecular weight excluding hydrogens is 200 g/mol. The molecule has 0 bridgehead atoms. The first kappa shape index (κ1) is 10.7. The summed E-state index contributed by atoms with van der Waals surface area (Å²) in [5.41, 5.74) is 8.14. The molecule has 0 atom stereocenters. The quantitative estimate of drug-likeness (QED) is 0.243. The second-order valence-electron chi connectivity index (χ2n) is 2.77. The Bertz CT molecular complexity index is 477. The monoisotopic (exact) mass is 206 g/mol. The van der Waals surface area contributed by atoms with Gasteiger partial charge in [0, 0.05) is 11.0 Å². The number of benzene rings is 1. The number of carbonyl (C=O) groups excluding carboxylic acids is 1. The molecule has 0 heterocycles. The number of amides is 1. The van der Waals surface area contributed by atoms with Gasteiger partial charge in [-0.25, -0.2) is 0 Å². The highest BCUT2D eigenvalue weighted by Gasteiger charge is 2.18. The van der Waals surface area contributed by atoms with Crippen LogP contribution in [0.2, 0.25) is 0 Å². The second-order valence-corrected chi connectivity index (χ2v) is 2.77. The molecule has 0 fully saturated rings. The van der Waals surface area contributed by atoms with Crippen LogP contribution in [0, 0.1) is 17.0 Å². The Labute approximate surface area is 84.1 Å². The first-order valence-electron chi connectivity index (χ1n) is 3.90. The van der Waals surface area contributed by atoms with Crippen molar-refractivity contribution in [3.8, 4) is 0 Å². The molecule has 15 heavy (non-hydrogen) atoms. The van der Waals surface area contributed by atoms with Crippen LogP contribution in [-0.4, -0.2) is 10.8 Å². The highest BCUT2D eigenvalue weighted by Crippen LogP contribution is 2.20. The molecule has 1 aromatic rings.